The van der Waals surface area contributed by atoms with Gasteiger partial charge in [-0.1, -0.05) is 36.4 Å². The van der Waals surface area contributed by atoms with Crippen LogP contribution in [0.25, 0.3) is 11.6 Å². The van der Waals surface area contributed by atoms with Crippen LogP contribution in [0.2, 0.25) is 0 Å². The minimum atomic E-state index is -4.68. The molecule has 0 fully saturated rings. The van der Waals surface area contributed by atoms with Crippen LogP contribution in [-0.4, -0.2) is 32.5 Å². The standard InChI is InChI=1S/C24H23NO7S2/c1-2-32-18-10-11-20(24(13-18)34(29,30)31)21(19-8-5-7-17-14-25-15-22(17)19)12-16-6-3-4-9-23(16)33(26,27)28/h3-13,25H,2,14-15H2,1H3,(H,26,27,28)(H,29,30,31). The number of nitrogens with one attached hydrogen (secondary N) is 1. The van der Waals surface area contributed by atoms with Crippen molar-refractivity contribution in [2.75, 3.05) is 6.61 Å². The lowest BCUT2D eigenvalue weighted by molar-refractivity contribution is 0.339. The zero-order valence-corrected chi connectivity index (χ0v) is 19.9. The second-order valence-corrected chi connectivity index (χ2v) is 10.5. The van der Waals surface area contributed by atoms with Crippen LogP contribution < -0.4 is 10.1 Å². The molecule has 0 saturated heterocycles. The molecule has 0 atom stereocenters. The van der Waals surface area contributed by atoms with E-state index in [1.54, 1.807) is 25.1 Å². The summed E-state index contributed by atoms with van der Waals surface area (Å²) >= 11 is 0. The van der Waals surface area contributed by atoms with Gasteiger partial charge in [0, 0.05) is 24.7 Å². The lowest BCUT2D eigenvalue weighted by atomic mass is 9.90. The highest BCUT2D eigenvalue weighted by Gasteiger charge is 2.25. The Balaban J connectivity index is 2.07. The topological polar surface area (TPSA) is 130 Å². The molecule has 3 aromatic carbocycles. The first-order valence-corrected chi connectivity index (χ1v) is 13.3. The van der Waals surface area contributed by atoms with Gasteiger partial charge in [0.2, 0.25) is 0 Å². The summed E-state index contributed by atoms with van der Waals surface area (Å²) in [5.41, 5.74) is 3.31. The molecule has 34 heavy (non-hydrogen) atoms. The van der Waals surface area contributed by atoms with Crippen LogP contribution in [0.5, 0.6) is 5.75 Å². The van der Waals surface area contributed by atoms with Crippen LogP contribution in [0.1, 0.15) is 34.7 Å². The fourth-order valence-electron chi connectivity index (χ4n) is 4.07. The van der Waals surface area contributed by atoms with Gasteiger partial charge in [0.25, 0.3) is 20.2 Å². The normalized spacial score (nSPS) is 14.1. The first kappa shape index (κ1) is 24.1. The molecule has 3 N–H and O–H groups in total. The number of hydrogen-bond acceptors (Lipinski definition) is 6. The van der Waals surface area contributed by atoms with Crippen LogP contribution in [0, 0.1) is 0 Å². The van der Waals surface area contributed by atoms with E-state index >= 15 is 0 Å². The maximum atomic E-state index is 12.4. The van der Waals surface area contributed by atoms with Gasteiger partial charge in [-0.05, 0) is 59.0 Å². The SMILES string of the molecule is CCOc1ccc(C(=Cc2ccccc2S(=O)(=O)O)c2cccc3c2CNC3)c(S(=O)(=O)O)c1. The van der Waals surface area contributed by atoms with Crippen molar-refractivity contribution in [2.24, 2.45) is 0 Å². The Bertz CT molecular complexity index is 1490. The highest BCUT2D eigenvalue weighted by Crippen LogP contribution is 2.37. The number of fused-ring (bicyclic) bond motifs is 1. The van der Waals surface area contributed by atoms with Crippen LogP contribution >= 0.6 is 0 Å². The maximum Gasteiger partial charge on any atom is 0.295 e. The van der Waals surface area contributed by atoms with Gasteiger partial charge in [-0.3, -0.25) is 9.11 Å². The summed E-state index contributed by atoms with van der Waals surface area (Å²) in [5, 5.41) is 3.25. The van der Waals surface area contributed by atoms with Crippen molar-refractivity contribution in [3.05, 3.63) is 88.5 Å². The number of benzene rings is 3. The monoisotopic (exact) mass is 501 g/mol. The third-order valence-electron chi connectivity index (χ3n) is 5.51. The second kappa shape index (κ2) is 9.32. The van der Waals surface area contributed by atoms with Crippen molar-refractivity contribution < 1.29 is 30.7 Å². The number of hydrogen-bond donors (Lipinski definition) is 3. The molecule has 0 spiro atoms. The average Bonchev–Trinajstić information content (AvgIpc) is 3.26. The third kappa shape index (κ3) is 4.91. The van der Waals surface area contributed by atoms with E-state index in [1.165, 1.54) is 36.4 Å². The summed E-state index contributed by atoms with van der Waals surface area (Å²) in [4.78, 5) is -0.699. The Kier molecular flexibility index (Phi) is 6.61. The molecule has 1 heterocycles. The van der Waals surface area contributed by atoms with E-state index in [4.69, 9.17) is 4.74 Å². The van der Waals surface area contributed by atoms with E-state index < -0.39 is 20.2 Å². The van der Waals surface area contributed by atoms with Crippen molar-refractivity contribution in [3.63, 3.8) is 0 Å². The zero-order chi connectivity index (χ0) is 24.5. The minimum Gasteiger partial charge on any atom is -0.494 e. The molecule has 0 radical (unpaired) electrons. The summed E-state index contributed by atoms with van der Waals surface area (Å²) in [7, 11) is -9.23. The van der Waals surface area contributed by atoms with Crippen molar-refractivity contribution in [3.8, 4) is 5.75 Å². The van der Waals surface area contributed by atoms with Crippen LogP contribution in [0.3, 0.4) is 0 Å². The second-order valence-electron chi connectivity index (χ2n) is 7.68. The smallest absolute Gasteiger partial charge is 0.295 e. The van der Waals surface area contributed by atoms with E-state index in [9.17, 15) is 25.9 Å². The fraction of sp³-hybridized carbons (Fsp3) is 0.167. The van der Waals surface area contributed by atoms with Crippen LogP contribution in [-0.2, 0) is 33.3 Å². The van der Waals surface area contributed by atoms with Gasteiger partial charge >= 0.3 is 0 Å². The van der Waals surface area contributed by atoms with Crippen molar-refractivity contribution in [2.45, 2.75) is 29.8 Å². The van der Waals surface area contributed by atoms with Gasteiger partial charge in [0.05, 0.1) is 6.61 Å². The highest BCUT2D eigenvalue weighted by atomic mass is 32.2. The molecule has 4 rings (SSSR count). The summed E-state index contributed by atoms with van der Waals surface area (Å²) in [6.45, 7) is 3.21. The average molecular weight is 502 g/mol. The van der Waals surface area contributed by atoms with E-state index in [0.717, 1.165) is 11.1 Å². The molecule has 0 aromatic heterocycles. The Morgan fingerprint density at radius 3 is 2.35 bits per heavy atom. The Labute approximate surface area is 198 Å². The largest absolute Gasteiger partial charge is 0.494 e. The quantitative estimate of drug-likeness (QED) is 0.330. The molecule has 0 bridgehead atoms. The molecule has 0 aliphatic carbocycles. The van der Waals surface area contributed by atoms with Gasteiger partial charge < -0.3 is 10.1 Å². The van der Waals surface area contributed by atoms with Crippen LogP contribution in [0.15, 0.2) is 70.5 Å². The Morgan fingerprint density at radius 2 is 1.65 bits per heavy atom. The fourth-order valence-corrected chi connectivity index (χ4v) is 5.47. The summed E-state index contributed by atoms with van der Waals surface area (Å²) in [6.07, 6.45) is 1.50. The van der Waals surface area contributed by atoms with Gasteiger partial charge in [0.15, 0.2) is 0 Å². The van der Waals surface area contributed by atoms with Gasteiger partial charge in [-0.25, -0.2) is 0 Å². The molecule has 0 amide bonds. The van der Waals surface area contributed by atoms with Gasteiger partial charge in [-0.2, -0.15) is 16.8 Å². The van der Waals surface area contributed by atoms with E-state index in [-0.39, 0.29) is 26.7 Å². The molecule has 1 aliphatic heterocycles. The minimum absolute atomic E-state index is 0.163. The Morgan fingerprint density at radius 1 is 0.912 bits per heavy atom. The van der Waals surface area contributed by atoms with Gasteiger partial charge in [0.1, 0.15) is 15.5 Å². The molecule has 10 heteroatoms. The third-order valence-corrected chi connectivity index (χ3v) is 7.33. The number of ether oxygens (including phenoxy) is 1. The summed E-state index contributed by atoms with van der Waals surface area (Å²) in [6, 6.07) is 15.8. The Hall–Kier alpha value is -3.02. The first-order chi connectivity index (χ1) is 16.1. The summed E-state index contributed by atoms with van der Waals surface area (Å²) in [5.74, 6) is 0.261. The molecular weight excluding hydrogens is 478 g/mol. The predicted octanol–water partition coefficient (Wildman–Crippen LogP) is 3.77. The maximum absolute atomic E-state index is 12.4. The molecule has 1 aliphatic rings. The van der Waals surface area contributed by atoms with E-state index in [0.29, 0.717) is 30.8 Å². The summed E-state index contributed by atoms with van der Waals surface area (Å²) < 4.78 is 74.0. The lowest BCUT2D eigenvalue weighted by Crippen LogP contribution is -2.07. The molecule has 8 nitrogen and oxygen atoms in total. The van der Waals surface area contributed by atoms with Crippen LogP contribution in [0.4, 0.5) is 0 Å². The molecule has 3 aromatic rings. The predicted molar refractivity (Wildman–Crippen MR) is 128 cm³/mol. The molecular formula is C24H23NO7S2. The lowest BCUT2D eigenvalue weighted by Gasteiger charge is -2.17. The van der Waals surface area contributed by atoms with E-state index in [2.05, 4.69) is 5.32 Å². The van der Waals surface area contributed by atoms with Gasteiger partial charge in [-0.15, -0.1) is 0 Å². The zero-order valence-electron chi connectivity index (χ0n) is 18.2. The number of rotatable bonds is 7. The van der Waals surface area contributed by atoms with Crippen molar-refractivity contribution in [1.82, 2.24) is 5.32 Å². The molecule has 0 saturated carbocycles. The molecule has 178 valence electrons. The van der Waals surface area contributed by atoms with E-state index in [1.807, 2.05) is 12.1 Å². The molecule has 0 unspecified atom stereocenters. The van der Waals surface area contributed by atoms with Crippen molar-refractivity contribution in [1.29, 1.82) is 0 Å². The first-order valence-electron chi connectivity index (χ1n) is 10.4. The highest BCUT2D eigenvalue weighted by molar-refractivity contribution is 7.86. The van der Waals surface area contributed by atoms with Crippen molar-refractivity contribution >= 4 is 31.9 Å².